The zero-order valence-electron chi connectivity index (χ0n) is 10.5. The Balaban J connectivity index is 0.00000180. The van der Waals surface area contributed by atoms with E-state index in [0.29, 0.717) is 23.0 Å². The van der Waals surface area contributed by atoms with Crippen molar-refractivity contribution < 1.29 is 9.90 Å². The summed E-state index contributed by atoms with van der Waals surface area (Å²) in [4.78, 5) is 13.1. The summed E-state index contributed by atoms with van der Waals surface area (Å²) < 4.78 is 0. The number of nitrogens with zero attached hydrogens (tertiary/aromatic N) is 1. The third-order valence-corrected chi connectivity index (χ3v) is 4.09. The van der Waals surface area contributed by atoms with E-state index in [4.69, 9.17) is 28.3 Å². The number of carbonyl (C=O) groups is 1. The van der Waals surface area contributed by atoms with Gasteiger partial charge in [-0.05, 0) is 37.6 Å². The lowest BCUT2D eigenvalue weighted by Gasteiger charge is -2.25. The molecular weight excluding hydrogens is 309 g/mol. The molecule has 1 heterocycles. The number of benzene rings is 1. The Bertz CT molecular complexity index is 467. The zero-order chi connectivity index (χ0) is 13.3. The highest BCUT2D eigenvalue weighted by Crippen LogP contribution is 2.32. The van der Waals surface area contributed by atoms with Crippen molar-refractivity contribution in [1.29, 1.82) is 0 Å². The van der Waals surface area contributed by atoms with Gasteiger partial charge in [-0.25, -0.2) is 0 Å². The Hall–Kier alpha value is -0.480. The van der Waals surface area contributed by atoms with Crippen LogP contribution in [0.2, 0.25) is 10.0 Å². The van der Waals surface area contributed by atoms with Crippen LogP contribution in [-0.4, -0.2) is 29.1 Å². The van der Waals surface area contributed by atoms with Gasteiger partial charge >= 0.3 is 5.97 Å². The second-order valence-corrected chi connectivity index (χ2v) is 5.50. The van der Waals surface area contributed by atoms with Gasteiger partial charge in [0, 0.05) is 22.6 Å². The van der Waals surface area contributed by atoms with Crippen LogP contribution in [0.15, 0.2) is 18.2 Å². The quantitative estimate of drug-likeness (QED) is 0.917. The van der Waals surface area contributed by atoms with Crippen molar-refractivity contribution in [3.63, 3.8) is 0 Å². The summed E-state index contributed by atoms with van der Waals surface area (Å²) in [6, 6.07) is 5.55. The number of likely N-dealkylation sites (tertiary alicyclic amines) is 1. The predicted molar refractivity (Wildman–Crippen MR) is 79.4 cm³/mol. The standard InChI is InChI=1S/C13H15Cl2NO2.ClH/c1-8(11-3-2-10(14)6-12(11)15)16-5-4-9(7-16)13(17)18;/h2-3,6,8-9H,4-5,7H2,1H3,(H,17,18);1H. The topological polar surface area (TPSA) is 40.5 Å². The van der Waals surface area contributed by atoms with E-state index in [-0.39, 0.29) is 24.4 Å². The Labute approximate surface area is 128 Å². The maximum atomic E-state index is 10.9. The van der Waals surface area contributed by atoms with Crippen LogP contribution in [-0.2, 0) is 4.79 Å². The molecule has 0 bridgehead atoms. The summed E-state index contributed by atoms with van der Waals surface area (Å²) in [7, 11) is 0. The lowest BCUT2D eigenvalue weighted by Crippen LogP contribution is -2.26. The highest BCUT2D eigenvalue weighted by Gasteiger charge is 2.31. The molecule has 0 aliphatic carbocycles. The largest absolute Gasteiger partial charge is 0.481 e. The minimum Gasteiger partial charge on any atom is -0.481 e. The molecule has 1 aromatic rings. The molecule has 0 saturated carbocycles. The maximum Gasteiger partial charge on any atom is 0.307 e. The lowest BCUT2D eigenvalue weighted by atomic mass is 10.1. The summed E-state index contributed by atoms with van der Waals surface area (Å²) in [6.07, 6.45) is 0.699. The van der Waals surface area contributed by atoms with Crippen LogP contribution < -0.4 is 0 Å². The van der Waals surface area contributed by atoms with Crippen molar-refractivity contribution >= 4 is 41.6 Å². The first-order valence-corrected chi connectivity index (χ1v) is 6.66. The van der Waals surface area contributed by atoms with Gasteiger partial charge in [-0.3, -0.25) is 9.69 Å². The Morgan fingerprint density at radius 3 is 2.68 bits per heavy atom. The van der Waals surface area contributed by atoms with E-state index in [1.54, 1.807) is 6.07 Å². The number of halogens is 3. The van der Waals surface area contributed by atoms with Gasteiger partial charge in [0.05, 0.1) is 5.92 Å². The van der Waals surface area contributed by atoms with E-state index < -0.39 is 5.97 Å². The molecule has 6 heteroatoms. The molecule has 2 atom stereocenters. The molecule has 1 aromatic carbocycles. The fourth-order valence-electron chi connectivity index (χ4n) is 2.38. The minimum absolute atomic E-state index is 0. The fraction of sp³-hybridized carbons (Fsp3) is 0.462. The van der Waals surface area contributed by atoms with Crippen molar-refractivity contribution in [2.24, 2.45) is 5.92 Å². The number of aliphatic carboxylic acids is 1. The molecule has 106 valence electrons. The summed E-state index contributed by atoms with van der Waals surface area (Å²) in [5.74, 6) is -0.981. The number of carboxylic acid groups (broad SMARTS) is 1. The van der Waals surface area contributed by atoms with Gasteiger partial charge in [0.15, 0.2) is 0 Å². The van der Waals surface area contributed by atoms with Crippen LogP contribution in [0.5, 0.6) is 0 Å². The minimum atomic E-state index is -0.716. The maximum absolute atomic E-state index is 10.9. The van der Waals surface area contributed by atoms with Crippen LogP contribution in [0.1, 0.15) is 24.9 Å². The van der Waals surface area contributed by atoms with Crippen molar-refractivity contribution in [3.8, 4) is 0 Å². The Morgan fingerprint density at radius 1 is 1.47 bits per heavy atom. The normalized spacial score (nSPS) is 20.9. The number of rotatable bonds is 3. The molecule has 1 fully saturated rings. The summed E-state index contributed by atoms with van der Waals surface area (Å²) in [5.41, 5.74) is 0.993. The van der Waals surface area contributed by atoms with Gasteiger partial charge in [-0.15, -0.1) is 12.4 Å². The molecule has 1 aliphatic rings. The molecule has 19 heavy (non-hydrogen) atoms. The van der Waals surface area contributed by atoms with Gasteiger partial charge in [0.1, 0.15) is 0 Å². The third kappa shape index (κ3) is 3.76. The van der Waals surface area contributed by atoms with E-state index >= 15 is 0 Å². The molecule has 0 aromatic heterocycles. The van der Waals surface area contributed by atoms with Gasteiger partial charge in [-0.2, -0.15) is 0 Å². The first-order valence-electron chi connectivity index (χ1n) is 5.91. The average molecular weight is 325 g/mol. The highest BCUT2D eigenvalue weighted by molar-refractivity contribution is 6.35. The Kier molecular flexibility index (Phi) is 5.93. The van der Waals surface area contributed by atoms with Crippen LogP contribution in [0.25, 0.3) is 0 Å². The second kappa shape index (κ2) is 6.80. The molecule has 0 spiro atoms. The van der Waals surface area contributed by atoms with Crippen LogP contribution in [0, 0.1) is 5.92 Å². The fourth-order valence-corrected chi connectivity index (χ4v) is 2.94. The molecule has 2 unspecified atom stereocenters. The van der Waals surface area contributed by atoms with Gasteiger partial charge in [0.25, 0.3) is 0 Å². The first kappa shape index (κ1) is 16.6. The lowest BCUT2D eigenvalue weighted by molar-refractivity contribution is -0.141. The van der Waals surface area contributed by atoms with Crippen LogP contribution in [0.4, 0.5) is 0 Å². The van der Waals surface area contributed by atoms with Gasteiger partial charge in [0.2, 0.25) is 0 Å². The molecule has 1 aliphatic heterocycles. The molecule has 1 N–H and O–H groups in total. The van der Waals surface area contributed by atoms with Gasteiger partial charge < -0.3 is 5.11 Å². The van der Waals surface area contributed by atoms with Crippen LogP contribution >= 0.6 is 35.6 Å². The van der Waals surface area contributed by atoms with E-state index in [1.165, 1.54) is 0 Å². The number of hydrogen-bond donors (Lipinski definition) is 1. The zero-order valence-corrected chi connectivity index (χ0v) is 12.8. The summed E-state index contributed by atoms with van der Waals surface area (Å²) in [5, 5.41) is 10.2. The van der Waals surface area contributed by atoms with Crippen molar-refractivity contribution in [2.45, 2.75) is 19.4 Å². The average Bonchev–Trinajstić information content (AvgIpc) is 2.77. The molecule has 0 radical (unpaired) electrons. The highest BCUT2D eigenvalue weighted by atomic mass is 35.5. The Morgan fingerprint density at radius 2 is 2.16 bits per heavy atom. The van der Waals surface area contributed by atoms with E-state index in [9.17, 15) is 4.79 Å². The summed E-state index contributed by atoms with van der Waals surface area (Å²) >= 11 is 12.0. The molecule has 1 saturated heterocycles. The summed E-state index contributed by atoms with van der Waals surface area (Å²) in [6.45, 7) is 3.41. The number of carboxylic acids is 1. The molecule has 2 rings (SSSR count). The van der Waals surface area contributed by atoms with Crippen molar-refractivity contribution in [1.82, 2.24) is 4.90 Å². The SMILES string of the molecule is CC(c1ccc(Cl)cc1Cl)N1CCC(C(=O)O)C1.Cl. The van der Waals surface area contributed by atoms with Crippen LogP contribution in [0.3, 0.4) is 0 Å². The first-order chi connectivity index (χ1) is 8.49. The van der Waals surface area contributed by atoms with Crippen molar-refractivity contribution in [3.05, 3.63) is 33.8 Å². The third-order valence-electron chi connectivity index (χ3n) is 3.53. The van der Waals surface area contributed by atoms with Gasteiger partial charge in [-0.1, -0.05) is 29.3 Å². The molecule has 3 nitrogen and oxygen atoms in total. The smallest absolute Gasteiger partial charge is 0.307 e. The molecule has 0 amide bonds. The van der Waals surface area contributed by atoms with E-state index in [1.807, 2.05) is 19.1 Å². The van der Waals surface area contributed by atoms with E-state index in [2.05, 4.69) is 4.90 Å². The second-order valence-electron chi connectivity index (χ2n) is 4.66. The molecular formula is C13H16Cl3NO2. The van der Waals surface area contributed by atoms with Crippen molar-refractivity contribution in [2.75, 3.05) is 13.1 Å². The predicted octanol–water partition coefficient (Wildman–Crippen LogP) is 3.88. The number of hydrogen-bond acceptors (Lipinski definition) is 2. The van der Waals surface area contributed by atoms with E-state index in [0.717, 1.165) is 12.1 Å². The monoisotopic (exact) mass is 323 g/mol.